The number of sulfonamides is 1. The molecule has 0 bridgehead atoms. The molecular formula is C20H34N3O3S+. The molecule has 1 amide bonds. The van der Waals surface area contributed by atoms with E-state index >= 15 is 0 Å². The van der Waals surface area contributed by atoms with Gasteiger partial charge in [-0.25, -0.2) is 8.42 Å². The van der Waals surface area contributed by atoms with Gasteiger partial charge in [0.15, 0.2) is 6.04 Å². The van der Waals surface area contributed by atoms with E-state index in [1.807, 2.05) is 41.5 Å². The summed E-state index contributed by atoms with van der Waals surface area (Å²) in [5.74, 6) is 0.0813. The van der Waals surface area contributed by atoms with E-state index in [1.165, 1.54) is 0 Å². The molecule has 1 aromatic rings. The molecule has 6 nitrogen and oxygen atoms in total. The van der Waals surface area contributed by atoms with Crippen molar-refractivity contribution in [3.05, 3.63) is 27.8 Å². The molecule has 152 valence electrons. The van der Waals surface area contributed by atoms with Gasteiger partial charge >= 0.3 is 0 Å². The van der Waals surface area contributed by atoms with Crippen LogP contribution >= 0.6 is 0 Å². The summed E-state index contributed by atoms with van der Waals surface area (Å²) in [7, 11) is -0.0331. The number of rotatable bonds is 4. The smallest absolute Gasteiger partial charge is 0.280 e. The van der Waals surface area contributed by atoms with Crippen LogP contribution in [-0.4, -0.2) is 69.8 Å². The van der Waals surface area contributed by atoms with Gasteiger partial charge in [0.2, 0.25) is 10.0 Å². The lowest BCUT2D eigenvalue weighted by atomic mass is 9.95. The van der Waals surface area contributed by atoms with Crippen molar-refractivity contribution in [1.29, 1.82) is 0 Å². The summed E-state index contributed by atoms with van der Waals surface area (Å²) in [4.78, 5) is 15.4. The Kier molecular flexibility index (Phi) is 6.39. The molecule has 0 aliphatic carbocycles. The van der Waals surface area contributed by atoms with Crippen LogP contribution in [0.5, 0.6) is 0 Å². The standard InChI is InChI=1S/C20H33N3O3S/c1-13-14(2)16(4)19(17(5)15(13)3)27(25,26)23-11-9-22(10-12-23)18(6)20(24)21(7)8/h18H,9-12H2,1-8H3/p+1/t18-/m0/s1. The normalized spacial score (nSPS) is 17.8. The largest absolute Gasteiger partial charge is 0.344 e. The summed E-state index contributed by atoms with van der Waals surface area (Å²) < 4.78 is 28.4. The lowest BCUT2D eigenvalue weighted by Crippen LogP contribution is -3.19. The van der Waals surface area contributed by atoms with E-state index in [-0.39, 0.29) is 11.9 Å². The van der Waals surface area contributed by atoms with Crippen LogP contribution < -0.4 is 4.90 Å². The van der Waals surface area contributed by atoms with Crippen molar-refractivity contribution in [2.75, 3.05) is 40.3 Å². The number of carbonyl (C=O) groups excluding carboxylic acids is 1. The fraction of sp³-hybridized carbons (Fsp3) is 0.650. The topological polar surface area (TPSA) is 62.1 Å². The monoisotopic (exact) mass is 396 g/mol. The van der Waals surface area contributed by atoms with Crippen molar-refractivity contribution in [1.82, 2.24) is 9.21 Å². The first-order chi connectivity index (χ1) is 12.4. The van der Waals surface area contributed by atoms with E-state index in [1.54, 1.807) is 23.3 Å². The van der Waals surface area contributed by atoms with E-state index < -0.39 is 10.0 Å². The van der Waals surface area contributed by atoms with E-state index in [2.05, 4.69) is 0 Å². The third-order valence-electron chi connectivity index (χ3n) is 6.32. The van der Waals surface area contributed by atoms with Crippen LogP contribution in [0.3, 0.4) is 0 Å². The number of quaternary nitrogens is 1. The summed E-state index contributed by atoms with van der Waals surface area (Å²) in [6.07, 6.45) is 0. The second kappa shape index (κ2) is 7.89. The number of hydrogen-bond donors (Lipinski definition) is 1. The summed E-state index contributed by atoms with van der Waals surface area (Å²) in [6, 6.07) is -0.155. The molecule has 0 unspecified atom stereocenters. The molecule has 1 aliphatic heterocycles. The minimum Gasteiger partial charge on any atom is -0.344 e. The second-order valence-corrected chi connectivity index (χ2v) is 9.85. The maximum atomic E-state index is 13.4. The number of carbonyl (C=O) groups is 1. The summed E-state index contributed by atoms with van der Waals surface area (Å²) in [5.41, 5.74) is 4.95. The van der Waals surface area contributed by atoms with Gasteiger partial charge in [0.25, 0.3) is 5.91 Å². The first kappa shape index (κ1) is 21.9. The molecule has 1 atom stereocenters. The number of likely N-dealkylation sites (N-methyl/N-ethyl adjacent to an activating group) is 1. The van der Waals surface area contributed by atoms with Crippen LogP contribution in [0.1, 0.15) is 34.7 Å². The maximum absolute atomic E-state index is 13.4. The number of benzene rings is 1. The summed E-state index contributed by atoms with van der Waals surface area (Å²) in [6.45, 7) is 13.9. The fourth-order valence-corrected chi connectivity index (χ4v) is 5.99. The highest BCUT2D eigenvalue weighted by Crippen LogP contribution is 2.31. The minimum absolute atomic E-state index is 0.0813. The predicted molar refractivity (Wildman–Crippen MR) is 108 cm³/mol. The van der Waals surface area contributed by atoms with Crippen molar-refractivity contribution in [2.24, 2.45) is 0 Å². The lowest BCUT2D eigenvalue weighted by molar-refractivity contribution is -0.917. The Morgan fingerprint density at radius 3 is 1.74 bits per heavy atom. The Morgan fingerprint density at radius 2 is 1.33 bits per heavy atom. The molecule has 1 fully saturated rings. The van der Waals surface area contributed by atoms with E-state index in [4.69, 9.17) is 0 Å². The van der Waals surface area contributed by atoms with Gasteiger partial charge in [0, 0.05) is 14.1 Å². The highest BCUT2D eigenvalue weighted by molar-refractivity contribution is 7.89. The third-order valence-corrected chi connectivity index (χ3v) is 8.49. The third kappa shape index (κ3) is 3.91. The molecule has 1 saturated heterocycles. The molecule has 1 aliphatic rings. The zero-order chi connectivity index (χ0) is 20.7. The molecule has 1 N–H and O–H groups in total. The van der Waals surface area contributed by atoms with Crippen molar-refractivity contribution < 1.29 is 18.1 Å². The Balaban J connectivity index is 2.28. The lowest BCUT2D eigenvalue weighted by Gasteiger charge is -2.35. The molecule has 2 rings (SSSR count). The second-order valence-electron chi connectivity index (χ2n) is 7.97. The average molecular weight is 397 g/mol. The van der Waals surface area contributed by atoms with Crippen LogP contribution in [0.2, 0.25) is 0 Å². The highest BCUT2D eigenvalue weighted by atomic mass is 32.2. The van der Waals surface area contributed by atoms with Crippen molar-refractivity contribution in [3.8, 4) is 0 Å². The molecular weight excluding hydrogens is 362 g/mol. The van der Waals surface area contributed by atoms with E-state index in [0.29, 0.717) is 31.1 Å². The van der Waals surface area contributed by atoms with Gasteiger partial charge in [-0.05, 0) is 69.4 Å². The predicted octanol–water partition coefficient (Wildman–Crippen LogP) is 0.595. The molecule has 0 aromatic heterocycles. The van der Waals surface area contributed by atoms with Crippen LogP contribution in [-0.2, 0) is 14.8 Å². The molecule has 7 heteroatoms. The zero-order valence-corrected chi connectivity index (χ0v) is 18.7. The van der Waals surface area contributed by atoms with Crippen LogP contribution in [0.25, 0.3) is 0 Å². The quantitative estimate of drug-likeness (QED) is 0.811. The first-order valence-electron chi connectivity index (χ1n) is 9.54. The molecule has 27 heavy (non-hydrogen) atoms. The Morgan fingerprint density at radius 1 is 0.926 bits per heavy atom. The maximum Gasteiger partial charge on any atom is 0.280 e. The Labute approximate surface area is 164 Å². The van der Waals surface area contributed by atoms with Gasteiger partial charge in [-0.2, -0.15) is 4.31 Å². The van der Waals surface area contributed by atoms with E-state index in [9.17, 15) is 13.2 Å². The van der Waals surface area contributed by atoms with Crippen molar-refractivity contribution in [2.45, 2.75) is 52.5 Å². The number of nitrogens with zero attached hydrogens (tertiary/aromatic N) is 2. The fourth-order valence-electron chi connectivity index (χ4n) is 3.99. The zero-order valence-electron chi connectivity index (χ0n) is 17.9. The summed E-state index contributed by atoms with van der Waals surface area (Å²) in [5, 5.41) is 0. The Hall–Kier alpha value is -1.44. The minimum atomic E-state index is -3.55. The molecule has 1 aromatic carbocycles. The molecule has 0 spiro atoms. The van der Waals surface area contributed by atoms with Gasteiger partial charge < -0.3 is 9.80 Å². The van der Waals surface area contributed by atoms with Crippen molar-refractivity contribution in [3.63, 3.8) is 0 Å². The first-order valence-corrected chi connectivity index (χ1v) is 11.0. The van der Waals surface area contributed by atoms with Gasteiger partial charge in [-0.15, -0.1) is 0 Å². The van der Waals surface area contributed by atoms with Crippen LogP contribution in [0, 0.1) is 34.6 Å². The number of amides is 1. The van der Waals surface area contributed by atoms with E-state index in [0.717, 1.165) is 32.7 Å². The SMILES string of the molecule is Cc1c(C)c(C)c(S(=O)(=O)N2CC[NH+]([C@@H](C)C(=O)N(C)C)CC2)c(C)c1C. The number of piperazine rings is 1. The van der Waals surface area contributed by atoms with Gasteiger partial charge in [-0.3, -0.25) is 4.79 Å². The highest BCUT2D eigenvalue weighted by Gasteiger charge is 2.36. The summed E-state index contributed by atoms with van der Waals surface area (Å²) >= 11 is 0. The average Bonchev–Trinajstić information content (AvgIpc) is 2.63. The molecule has 0 saturated carbocycles. The van der Waals surface area contributed by atoms with Gasteiger partial charge in [0.1, 0.15) is 0 Å². The number of nitrogens with one attached hydrogen (secondary N) is 1. The van der Waals surface area contributed by atoms with Gasteiger partial charge in [-0.1, -0.05) is 0 Å². The molecule has 1 heterocycles. The van der Waals surface area contributed by atoms with Crippen LogP contribution in [0.15, 0.2) is 4.90 Å². The number of hydrogen-bond acceptors (Lipinski definition) is 3. The van der Waals surface area contributed by atoms with Crippen LogP contribution in [0.4, 0.5) is 0 Å². The molecule has 0 radical (unpaired) electrons. The van der Waals surface area contributed by atoms with Gasteiger partial charge in [0.05, 0.1) is 31.1 Å². The Bertz CT molecular complexity index is 810. The van der Waals surface area contributed by atoms with Crippen molar-refractivity contribution >= 4 is 15.9 Å².